The molecule has 0 N–H and O–H groups in total. The normalized spacial score (nSPS) is 54.9. The Morgan fingerprint density at radius 1 is 1.00 bits per heavy atom. The fourth-order valence-corrected chi connectivity index (χ4v) is 6.81. The topological polar surface area (TPSA) is 20.3 Å². The Labute approximate surface area is 116 Å². The second kappa shape index (κ2) is 3.99. The van der Waals surface area contributed by atoms with Crippen LogP contribution in [-0.4, -0.2) is 24.4 Å². The number of hydrogen-bond acceptors (Lipinski definition) is 1. The van der Waals surface area contributed by atoms with Gasteiger partial charge in [-0.05, 0) is 54.3 Å². The van der Waals surface area contributed by atoms with Crippen molar-refractivity contribution < 1.29 is 4.79 Å². The van der Waals surface area contributed by atoms with Crippen molar-refractivity contribution in [2.24, 2.45) is 47.3 Å². The minimum absolute atomic E-state index is 0.418. The second-order valence-corrected chi connectivity index (χ2v) is 7.70. The van der Waals surface area contributed by atoms with E-state index in [4.69, 9.17) is 0 Å². The highest BCUT2D eigenvalue weighted by Crippen LogP contribution is 2.68. The van der Waals surface area contributed by atoms with E-state index in [1.54, 1.807) is 0 Å². The van der Waals surface area contributed by atoms with Crippen molar-refractivity contribution >= 4 is 5.91 Å². The highest BCUT2D eigenvalue weighted by atomic mass is 16.2. The van der Waals surface area contributed by atoms with Gasteiger partial charge < -0.3 is 4.90 Å². The van der Waals surface area contributed by atoms with Crippen LogP contribution in [0, 0.1) is 47.3 Å². The lowest BCUT2D eigenvalue weighted by Crippen LogP contribution is -2.36. The van der Waals surface area contributed by atoms with Crippen LogP contribution in [0.4, 0.5) is 0 Å². The summed E-state index contributed by atoms with van der Waals surface area (Å²) in [5.74, 6) is 7.00. The number of fused-ring (bicyclic) bond motifs is 8. The number of hydrogen-bond donors (Lipinski definition) is 0. The molecule has 2 bridgehead atoms. The molecule has 4 rings (SSSR count). The van der Waals surface area contributed by atoms with Gasteiger partial charge in [0.05, 0.1) is 0 Å². The summed E-state index contributed by atoms with van der Waals surface area (Å²) < 4.78 is 0. The molecule has 1 saturated heterocycles. The minimum Gasteiger partial charge on any atom is -0.345 e. The van der Waals surface area contributed by atoms with E-state index in [-0.39, 0.29) is 0 Å². The SMILES string of the molecule is CCC1CC(CC)C2C3CC(C4CN(C)C(=O)C43)C12. The van der Waals surface area contributed by atoms with E-state index in [0.717, 1.165) is 42.1 Å². The average molecular weight is 261 g/mol. The van der Waals surface area contributed by atoms with E-state index in [1.165, 1.54) is 25.7 Å². The first-order chi connectivity index (χ1) is 9.17. The van der Waals surface area contributed by atoms with E-state index < -0.39 is 0 Å². The van der Waals surface area contributed by atoms with E-state index in [2.05, 4.69) is 13.8 Å². The molecule has 2 heteroatoms. The zero-order chi connectivity index (χ0) is 13.3. The predicted molar refractivity (Wildman–Crippen MR) is 75.4 cm³/mol. The Kier molecular flexibility index (Phi) is 2.57. The van der Waals surface area contributed by atoms with Crippen molar-refractivity contribution in [3.8, 4) is 0 Å². The first-order valence-corrected chi connectivity index (χ1v) is 8.42. The Balaban J connectivity index is 1.69. The van der Waals surface area contributed by atoms with Crippen LogP contribution in [0.2, 0.25) is 0 Å². The summed E-state index contributed by atoms with van der Waals surface area (Å²) in [5, 5.41) is 0. The first kappa shape index (κ1) is 12.2. The van der Waals surface area contributed by atoms with Crippen LogP contribution < -0.4 is 0 Å². The monoisotopic (exact) mass is 261 g/mol. The van der Waals surface area contributed by atoms with Gasteiger partial charge in [0.15, 0.2) is 0 Å². The molecule has 0 radical (unpaired) electrons. The Morgan fingerprint density at radius 2 is 1.63 bits per heavy atom. The summed E-state index contributed by atoms with van der Waals surface area (Å²) in [7, 11) is 2.02. The summed E-state index contributed by atoms with van der Waals surface area (Å²) in [6, 6.07) is 0. The van der Waals surface area contributed by atoms with Gasteiger partial charge >= 0.3 is 0 Å². The van der Waals surface area contributed by atoms with Crippen LogP contribution in [0.25, 0.3) is 0 Å². The molecule has 0 aromatic carbocycles. The number of rotatable bonds is 2. The summed E-state index contributed by atoms with van der Waals surface area (Å²) in [6.45, 7) is 5.81. The number of nitrogens with zero attached hydrogens (tertiary/aromatic N) is 1. The van der Waals surface area contributed by atoms with Gasteiger partial charge in [-0.25, -0.2) is 0 Å². The van der Waals surface area contributed by atoms with E-state index in [0.29, 0.717) is 17.7 Å². The maximum absolute atomic E-state index is 12.4. The molecule has 8 unspecified atom stereocenters. The van der Waals surface area contributed by atoms with Crippen molar-refractivity contribution in [3.05, 3.63) is 0 Å². The highest BCUT2D eigenvalue weighted by molar-refractivity contribution is 5.82. The smallest absolute Gasteiger partial charge is 0.226 e. The zero-order valence-corrected chi connectivity index (χ0v) is 12.5. The molecule has 4 aliphatic rings. The number of carbonyl (C=O) groups excluding carboxylic acids is 1. The lowest BCUT2D eigenvalue weighted by Gasteiger charge is -2.36. The van der Waals surface area contributed by atoms with Crippen molar-refractivity contribution in [1.82, 2.24) is 4.90 Å². The van der Waals surface area contributed by atoms with E-state index >= 15 is 0 Å². The van der Waals surface area contributed by atoms with Crippen molar-refractivity contribution in [1.29, 1.82) is 0 Å². The number of amides is 1. The van der Waals surface area contributed by atoms with Gasteiger partial charge in [0, 0.05) is 19.5 Å². The van der Waals surface area contributed by atoms with Gasteiger partial charge in [-0.1, -0.05) is 26.7 Å². The molecule has 2 nitrogen and oxygen atoms in total. The summed E-state index contributed by atoms with van der Waals surface area (Å²) in [4.78, 5) is 14.5. The van der Waals surface area contributed by atoms with Gasteiger partial charge in [-0.2, -0.15) is 0 Å². The van der Waals surface area contributed by atoms with Crippen molar-refractivity contribution in [2.45, 2.75) is 39.5 Å². The van der Waals surface area contributed by atoms with Gasteiger partial charge in [0.25, 0.3) is 0 Å². The van der Waals surface area contributed by atoms with Crippen LogP contribution in [-0.2, 0) is 4.79 Å². The minimum atomic E-state index is 0.418. The van der Waals surface area contributed by atoms with Gasteiger partial charge in [0.2, 0.25) is 5.91 Å². The first-order valence-electron chi connectivity index (χ1n) is 8.42. The molecular weight excluding hydrogens is 234 g/mol. The largest absolute Gasteiger partial charge is 0.345 e. The molecule has 0 aromatic heterocycles. The third kappa shape index (κ3) is 1.36. The van der Waals surface area contributed by atoms with Crippen molar-refractivity contribution in [2.75, 3.05) is 13.6 Å². The fourth-order valence-electron chi connectivity index (χ4n) is 6.81. The summed E-state index contributed by atoms with van der Waals surface area (Å²) in [5.41, 5.74) is 0. The lowest BCUT2D eigenvalue weighted by molar-refractivity contribution is -0.132. The fraction of sp³-hybridized carbons (Fsp3) is 0.941. The highest BCUT2D eigenvalue weighted by Gasteiger charge is 2.66. The Bertz CT molecular complexity index is 406. The molecule has 0 aromatic rings. The molecule has 106 valence electrons. The van der Waals surface area contributed by atoms with Gasteiger partial charge in [-0.15, -0.1) is 0 Å². The average Bonchev–Trinajstić information content (AvgIpc) is 3.09. The molecule has 8 atom stereocenters. The zero-order valence-electron chi connectivity index (χ0n) is 12.5. The predicted octanol–water partition coefficient (Wildman–Crippen LogP) is 3.03. The quantitative estimate of drug-likeness (QED) is 0.748. The van der Waals surface area contributed by atoms with Crippen LogP contribution in [0.5, 0.6) is 0 Å². The van der Waals surface area contributed by atoms with Gasteiger partial charge in [-0.3, -0.25) is 4.79 Å². The van der Waals surface area contributed by atoms with Crippen LogP contribution in [0.3, 0.4) is 0 Å². The number of carbonyl (C=O) groups is 1. The second-order valence-electron chi connectivity index (χ2n) is 7.70. The van der Waals surface area contributed by atoms with Crippen LogP contribution >= 0.6 is 0 Å². The van der Waals surface area contributed by atoms with E-state index in [9.17, 15) is 4.79 Å². The maximum Gasteiger partial charge on any atom is 0.226 e. The Hall–Kier alpha value is -0.530. The van der Waals surface area contributed by atoms with Crippen molar-refractivity contribution in [3.63, 3.8) is 0 Å². The molecule has 3 saturated carbocycles. The molecule has 4 fully saturated rings. The summed E-state index contributed by atoms with van der Waals surface area (Å²) >= 11 is 0. The van der Waals surface area contributed by atoms with Gasteiger partial charge in [0.1, 0.15) is 0 Å². The van der Waals surface area contributed by atoms with Crippen LogP contribution in [0.15, 0.2) is 0 Å². The Morgan fingerprint density at radius 3 is 2.26 bits per heavy atom. The molecule has 19 heavy (non-hydrogen) atoms. The third-order valence-corrected chi connectivity index (χ3v) is 7.34. The molecule has 1 amide bonds. The molecule has 1 heterocycles. The molecule has 1 aliphatic heterocycles. The standard InChI is InChI=1S/C17H27NO/c1-4-9-6-10(5-2)15-12-7-11(14(9)15)13-8-18(3)17(19)16(12)13/h9-16H,4-8H2,1-3H3. The molecule has 0 spiro atoms. The molecule has 3 aliphatic carbocycles. The molecular formula is C17H27NO. The summed E-state index contributed by atoms with van der Waals surface area (Å²) in [6.07, 6.45) is 5.54. The third-order valence-electron chi connectivity index (χ3n) is 7.34. The lowest BCUT2D eigenvalue weighted by atomic mass is 9.67. The van der Waals surface area contributed by atoms with Crippen LogP contribution in [0.1, 0.15) is 39.5 Å². The van der Waals surface area contributed by atoms with E-state index in [1.807, 2.05) is 11.9 Å². The number of likely N-dealkylation sites (tertiary alicyclic amines) is 1. The maximum atomic E-state index is 12.4.